The number of rotatable bonds is 2. The van der Waals surface area contributed by atoms with Crippen LogP contribution in [0.1, 0.15) is 29.7 Å². The van der Waals surface area contributed by atoms with Crippen LogP contribution in [-0.4, -0.2) is 17.5 Å². The minimum absolute atomic E-state index is 0.115. The van der Waals surface area contributed by atoms with Crippen LogP contribution >= 0.6 is 0 Å². The quantitative estimate of drug-likeness (QED) is 0.779. The summed E-state index contributed by atoms with van der Waals surface area (Å²) in [6, 6.07) is 0. The van der Waals surface area contributed by atoms with Gasteiger partial charge in [-0.3, -0.25) is 0 Å². The molecular formula is C11H16F2N2. The molecule has 1 aliphatic carbocycles. The molecule has 1 saturated carbocycles. The van der Waals surface area contributed by atoms with Crippen molar-refractivity contribution < 1.29 is 8.78 Å². The Labute approximate surface area is 87.9 Å². The Morgan fingerprint density at radius 3 is 2.33 bits per heavy atom. The number of alkyl halides is 2. The summed E-state index contributed by atoms with van der Waals surface area (Å²) in [6.07, 6.45) is 1.63. The van der Waals surface area contributed by atoms with E-state index in [9.17, 15) is 8.78 Å². The third-order valence-corrected chi connectivity index (χ3v) is 3.39. The van der Waals surface area contributed by atoms with Gasteiger partial charge in [0, 0.05) is 36.7 Å². The second-order valence-corrected chi connectivity index (χ2v) is 4.67. The van der Waals surface area contributed by atoms with E-state index >= 15 is 0 Å². The zero-order valence-corrected chi connectivity index (χ0v) is 9.03. The first-order valence-electron chi connectivity index (χ1n) is 5.13. The van der Waals surface area contributed by atoms with Crippen LogP contribution in [0.15, 0.2) is 6.20 Å². The predicted octanol–water partition coefficient (Wildman–Crippen LogP) is 2.26. The highest BCUT2D eigenvalue weighted by atomic mass is 19.3. The molecule has 2 rings (SSSR count). The molecule has 0 saturated heterocycles. The average molecular weight is 214 g/mol. The average Bonchev–Trinajstić information content (AvgIpc) is 2.42. The smallest absolute Gasteiger partial charge is 0.250 e. The number of aryl methyl sites for hydroxylation is 2. The SMILES string of the molecule is Cc1c[nH]c(C)c1C1(CN)CC(F)(F)C1. The van der Waals surface area contributed by atoms with E-state index in [1.54, 1.807) is 0 Å². The molecule has 1 fully saturated rings. The lowest BCUT2D eigenvalue weighted by Gasteiger charge is -2.47. The van der Waals surface area contributed by atoms with Crippen LogP contribution in [0.25, 0.3) is 0 Å². The molecule has 1 aromatic rings. The Kier molecular flexibility index (Phi) is 2.15. The van der Waals surface area contributed by atoms with Crippen LogP contribution in [0.2, 0.25) is 0 Å². The summed E-state index contributed by atoms with van der Waals surface area (Å²) in [4.78, 5) is 3.07. The van der Waals surface area contributed by atoms with E-state index in [0.29, 0.717) is 6.54 Å². The lowest BCUT2D eigenvalue weighted by molar-refractivity contribution is -0.124. The molecule has 1 aromatic heterocycles. The summed E-state index contributed by atoms with van der Waals surface area (Å²) in [6.45, 7) is 4.14. The van der Waals surface area contributed by atoms with Gasteiger partial charge in [-0.25, -0.2) is 8.78 Å². The van der Waals surface area contributed by atoms with Crippen molar-refractivity contribution in [3.8, 4) is 0 Å². The lowest BCUT2D eigenvalue weighted by atomic mass is 9.61. The molecule has 15 heavy (non-hydrogen) atoms. The van der Waals surface area contributed by atoms with E-state index in [-0.39, 0.29) is 12.8 Å². The molecule has 0 aliphatic heterocycles. The Balaban J connectivity index is 2.37. The fraction of sp³-hybridized carbons (Fsp3) is 0.636. The lowest BCUT2D eigenvalue weighted by Crippen LogP contribution is -2.54. The number of hydrogen-bond donors (Lipinski definition) is 2. The second kappa shape index (κ2) is 3.04. The van der Waals surface area contributed by atoms with Crippen molar-refractivity contribution >= 4 is 0 Å². The van der Waals surface area contributed by atoms with Crippen molar-refractivity contribution in [2.45, 2.75) is 38.0 Å². The van der Waals surface area contributed by atoms with Gasteiger partial charge in [-0.2, -0.15) is 0 Å². The number of nitrogens with two attached hydrogens (primary N) is 1. The largest absolute Gasteiger partial charge is 0.365 e. The first kappa shape index (κ1) is 10.6. The van der Waals surface area contributed by atoms with Crippen molar-refractivity contribution in [2.24, 2.45) is 5.73 Å². The molecule has 0 spiro atoms. The maximum atomic E-state index is 13.0. The molecule has 2 nitrogen and oxygen atoms in total. The zero-order chi connectivity index (χ0) is 11.3. The van der Waals surface area contributed by atoms with E-state index in [0.717, 1.165) is 16.8 Å². The first-order valence-corrected chi connectivity index (χ1v) is 5.13. The van der Waals surface area contributed by atoms with E-state index < -0.39 is 11.3 Å². The maximum Gasteiger partial charge on any atom is 0.250 e. The summed E-state index contributed by atoms with van der Waals surface area (Å²) in [7, 11) is 0. The summed E-state index contributed by atoms with van der Waals surface area (Å²) in [5, 5.41) is 0. The topological polar surface area (TPSA) is 41.8 Å². The highest BCUT2D eigenvalue weighted by Crippen LogP contribution is 2.54. The number of H-pyrrole nitrogens is 1. The summed E-state index contributed by atoms with van der Waals surface area (Å²) < 4.78 is 26.0. The van der Waals surface area contributed by atoms with Crippen LogP contribution in [0.5, 0.6) is 0 Å². The summed E-state index contributed by atoms with van der Waals surface area (Å²) in [5.41, 5.74) is 8.17. The molecule has 0 radical (unpaired) electrons. The Morgan fingerprint density at radius 2 is 2.00 bits per heavy atom. The number of halogens is 2. The van der Waals surface area contributed by atoms with E-state index in [2.05, 4.69) is 4.98 Å². The standard InChI is InChI=1S/C11H16F2N2/c1-7-3-15-8(2)9(7)10(6-14)4-11(12,13)5-10/h3,15H,4-6,14H2,1-2H3. The molecule has 0 aromatic carbocycles. The molecule has 4 heteroatoms. The first-order chi connectivity index (χ1) is 6.90. The van der Waals surface area contributed by atoms with Gasteiger partial charge in [0.25, 0.3) is 0 Å². The van der Waals surface area contributed by atoms with Crippen molar-refractivity contribution in [3.05, 3.63) is 23.0 Å². The minimum atomic E-state index is -2.53. The van der Waals surface area contributed by atoms with Crippen molar-refractivity contribution in [1.82, 2.24) is 4.98 Å². The van der Waals surface area contributed by atoms with Gasteiger partial charge < -0.3 is 10.7 Å². The zero-order valence-electron chi connectivity index (χ0n) is 9.03. The molecule has 0 bridgehead atoms. The molecule has 0 amide bonds. The normalized spacial score (nSPS) is 22.5. The van der Waals surface area contributed by atoms with E-state index in [1.807, 2.05) is 20.0 Å². The fourth-order valence-corrected chi connectivity index (χ4v) is 2.83. The van der Waals surface area contributed by atoms with Crippen molar-refractivity contribution in [2.75, 3.05) is 6.54 Å². The van der Waals surface area contributed by atoms with Crippen molar-refractivity contribution in [1.29, 1.82) is 0 Å². The third kappa shape index (κ3) is 1.47. The van der Waals surface area contributed by atoms with Crippen LogP contribution in [-0.2, 0) is 5.41 Å². The second-order valence-electron chi connectivity index (χ2n) is 4.67. The number of aromatic amines is 1. The Hall–Kier alpha value is -0.900. The summed E-state index contributed by atoms with van der Waals surface area (Å²) >= 11 is 0. The molecule has 1 heterocycles. The van der Waals surface area contributed by atoms with Gasteiger partial charge in [-0.05, 0) is 25.0 Å². The van der Waals surface area contributed by atoms with Crippen LogP contribution in [0.4, 0.5) is 8.78 Å². The highest BCUT2D eigenvalue weighted by molar-refractivity contribution is 5.40. The number of hydrogen-bond acceptors (Lipinski definition) is 1. The molecule has 84 valence electrons. The number of nitrogens with one attached hydrogen (secondary N) is 1. The fourth-order valence-electron chi connectivity index (χ4n) is 2.83. The molecule has 3 N–H and O–H groups in total. The van der Waals surface area contributed by atoms with Crippen LogP contribution in [0, 0.1) is 13.8 Å². The third-order valence-electron chi connectivity index (χ3n) is 3.39. The van der Waals surface area contributed by atoms with Gasteiger partial charge in [0.2, 0.25) is 5.92 Å². The van der Waals surface area contributed by atoms with Gasteiger partial charge in [0.1, 0.15) is 0 Å². The Bertz CT molecular complexity index is 354. The molecule has 0 atom stereocenters. The summed E-state index contributed by atoms with van der Waals surface area (Å²) in [5.74, 6) is -2.53. The monoisotopic (exact) mass is 214 g/mol. The van der Waals surface area contributed by atoms with Gasteiger partial charge >= 0.3 is 0 Å². The van der Waals surface area contributed by atoms with Gasteiger partial charge in [-0.15, -0.1) is 0 Å². The molecule has 1 aliphatic rings. The maximum absolute atomic E-state index is 13.0. The van der Waals surface area contributed by atoms with Gasteiger partial charge in [0.05, 0.1) is 0 Å². The van der Waals surface area contributed by atoms with Gasteiger partial charge in [-0.1, -0.05) is 0 Å². The van der Waals surface area contributed by atoms with E-state index in [4.69, 9.17) is 5.73 Å². The number of aromatic nitrogens is 1. The van der Waals surface area contributed by atoms with E-state index in [1.165, 1.54) is 0 Å². The highest BCUT2D eigenvalue weighted by Gasteiger charge is 2.57. The van der Waals surface area contributed by atoms with Crippen molar-refractivity contribution in [3.63, 3.8) is 0 Å². The molecule has 0 unspecified atom stereocenters. The minimum Gasteiger partial charge on any atom is -0.365 e. The van der Waals surface area contributed by atoms with Crippen LogP contribution in [0.3, 0.4) is 0 Å². The van der Waals surface area contributed by atoms with Crippen LogP contribution < -0.4 is 5.73 Å². The predicted molar refractivity (Wildman–Crippen MR) is 55.2 cm³/mol. The molecular weight excluding hydrogens is 198 g/mol. The van der Waals surface area contributed by atoms with Gasteiger partial charge in [0.15, 0.2) is 0 Å². The Morgan fingerprint density at radius 1 is 1.40 bits per heavy atom.